The fraction of sp³-hybridized carbons (Fsp3) is 0.375. The van der Waals surface area contributed by atoms with Gasteiger partial charge >= 0.3 is 5.97 Å². The van der Waals surface area contributed by atoms with E-state index >= 15 is 0 Å². The zero-order valence-corrected chi connectivity index (χ0v) is 20.0. The van der Waals surface area contributed by atoms with Gasteiger partial charge in [-0.1, -0.05) is 11.6 Å². The molecule has 3 fully saturated rings. The van der Waals surface area contributed by atoms with Crippen LogP contribution >= 0.6 is 22.9 Å². The fourth-order valence-electron chi connectivity index (χ4n) is 5.56. The Bertz CT molecular complexity index is 1390. The number of thiophene rings is 1. The molecule has 3 aliphatic carbocycles. The number of hydrogen-bond acceptors (Lipinski definition) is 7. The maximum Gasteiger partial charge on any atom is 0.308 e. The number of nitrogens with one attached hydrogen (secondary N) is 2. The van der Waals surface area contributed by atoms with Gasteiger partial charge in [-0.25, -0.2) is 19.9 Å². The molecule has 10 heteroatoms. The topological polar surface area (TPSA) is 117 Å². The first-order valence-corrected chi connectivity index (χ1v) is 12.6. The highest BCUT2D eigenvalue weighted by molar-refractivity contribution is 7.15. The van der Waals surface area contributed by atoms with Gasteiger partial charge in [-0.2, -0.15) is 0 Å². The number of aromatic nitrogens is 5. The summed E-state index contributed by atoms with van der Waals surface area (Å²) in [6, 6.07) is 5.88. The molecule has 2 atom stereocenters. The van der Waals surface area contributed by atoms with E-state index in [2.05, 4.69) is 33.3 Å². The summed E-state index contributed by atoms with van der Waals surface area (Å²) >= 11 is 7.77. The van der Waals surface area contributed by atoms with Gasteiger partial charge in [0.2, 0.25) is 0 Å². The second kappa shape index (κ2) is 8.32. The highest BCUT2D eigenvalue weighted by Gasteiger charge is 2.47. The van der Waals surface area contributed by atoms with Crippen LogP contribution in [0.15, 0.2) is 30.6 Å². The Balaban J connectivity index is 1.46. The van der Waals surface area contributed by atoms with Crippen LogP contribution < -0.4 is 5.32 Å². The number of aromatic amines is 1. The number of nitrogens with zero attached hydrogens (tertiary/aromatic N) is 4. The first-order valence-electron chi connectivity index (χ1n) is 11.4. The number of anilines is 1. The quantitative estimate of drug-likeness (QED) is 0.339. The third-order valence-electron chi connectivity index (χ3n) is 7.13. The second-order valence-corrected chi connectivity index (χ2v) is 10.8. The van der Waals surface area contributed by atoms with Gasteiger partial charge in [0.15, 0.2) is 11.5 Å². The van der Waals surface area contributed by atoms with Crippen molar-refractivity contribution in [2.24, 2.45) is 17.8 Å². The van der Waals surface area contributed by atoms with Crippen molar-refractivity contribution in [3.05, 3.63) is 40.6 Å². The van der Waals surface area contributed by atoms with Crippen LogP contribution in [-0.4, -0.2) is 42.0 Å². The predicted octanol–water partition coefficient (Wildman–Crippen LogP) is 5.41. The maximum absolute atomic E-state index is 12.2. The predicted molar refractivity (Wildman–Crippen MR) is 132 cm³/mol. The van der Waals surface area contributed by atoms with Gasteiger partial charge in [-0.15, -0.1) is 11.3 Å². The largest absolute Gasteiger partial charge is 0.481 e. The molecule has 174 valence electrons. The Morgan fingerprint density at radius 1 is 1.18 bits per heavy atom. The number of carbonyl (C=O) groups is 1. The first-order chi connectivity index (χ1) is 16.5. The summed E-state index contributed by atoms with van der Waals surface area (Å²) in [7, 11) is 0. The fourth-order valence-corrected chi connectivity index (χ4v) is 6.53. The molecule has 0 unspecified atom stereocenters. The summed E-state index contributed by atoms with van der Waals surface area (Å²) in [5.74, 6) is 0.523. The molecule has 0 spiro atoms. The van der Waals surface area contributed by atoms with Gasteiger partial charge in [-0.05, 0) is 56.6 Å². The van der Waals surface area contributed by atoms with Gasteiger partial charge in [0, 0.05) is 23.2 Å². The van der Waals surface area contributed by atoms with Gasteiger partial charge in [0.25, 0.3) is 0 Å². The van der Waals surface area contributed by atoms with Crippen LogP contribution in [-0.2, 0) is 4.79 Å². The van der Waals surface area contributed by atoms with E-state index < -0.39 is 11.9 Å². The van der Waals surface area contributed by atoms with Gasteiger partial charge < -0.3 is 15.4 Å². The molecule has 0 aromatic carbocycles. The summed E-state index contributed by atoms with van der Waals surface area (Å²) in [6.07, 6.45) is 7.36. The molecule has 4 heterocycles. The van der Waals surface area contributed by atoms with Crippen LogP contribution in [0.1, 0.15) is 30.6 Å². The number of fused-ring (bicyclic) bond motifs is 4. The zero-order chi connectivity index (χ0) is 23.4. The Kier molecular flexibility index (Phi) is 5.26. The Labute approximate surface area is 204 Å². The summed E-state index contributed by atoms with van der Waals surface area (Å²) < 4.78 is 0. The van der Waals surface area contributed by atoms with Crippen molar-refractivity contribution in [2.45, 2.75) is 38.6 Å². The van der Waals surface area contributed by atoms with E-state index in [1.807, 2.05) is 12.1 Å². The zero-order valence-electron chi connectivity index (χ0n) is 18.5. The third kappa shape index (κ3) is 3.73. The van der Waals surface area contributed by atoms with Crippen LogP contribution in [0, 0.1) is 24.7 Å². The number of hydrogen-bond donors (Lipinski definition) is 3. The van der Waals surface area contributed by atoms with E-state index in [4.69, 9.17) is 21.6 Å². The Morgan fingerprint density at radius 2 is 1.97 bits per heavy atom. The minimum Gasteiger partial charge on any atom is -0.481 e. The monoisotopic (exact) mass is 494 g/mol. The lowest BCUT2D eigenvalue weighted by atomic mass is 9.61. The molecule has 0 amide bonds. The van der Waals surface area contributed by atoms with Crippen molar-refractivity contribution in [3.63, 3.8) is 0 Å². The maximum atomic E-state index is 12.2. The lowest BCUT2D eigenvalue weighted by molar-refractivity contribution is -0.148. The van der Waals surface area contributed by atoms with Crippen molar-refractivity contribution in [3.8, 4) is 22.0 Å². The van der Waals surface area contributed by atoms with E-state index in [1.54, 1.807) is 17.5 Å². The number of aliphatic carboxylic acids is 1. The molecule has 3 aliphatic rings. The first kappa shape index (κ1) is 21.5. The van der Waals surface area contributed by atoms with Gasteiger partial charge in [0.05, 0.1) is 28.2 Å². The summed E-state index contributed by atoms with van der Waals surface area (Å²) in [5, 5.41) is 13.8. The number of halogens is 1. The Hall–Kier alpha value is -3.04. The molecule has 3 N–H and O–H groups in total. The Morgan fingerprint density at radius 3 is 2.71 bits per heavy atom. The van der Waals surface area contributed by atoms with Crippen molar-refractivity contribution >= 4 is 45.9 Å². The van der Waals surface area contributed by atoms with E-state index in [0.29, 0.717) is 39.4 Å². The van der Waals surface area contributed by atoms with Crippen molar-refractivity contribution < 1.29 is 9.90 Å². The van der Waals surface area contributed by atoms with Crippen LogP contribution in [0.2, 0.25) is 5.15 Å². The molecular weight excluding hydrogens is 472 g/mol. The minimum atomic E-state index is -0.725. The van der Waals surface area contributed by atoms with Crippen LogP contribution in [0.25, 0.3) is 33.1 Å². The van der Waals surface area contributed by atoms with Crippen LogP contribution in [0.4, 0.5) is 5.82 Å². The molecule has 3 saturated carbocycles. The lowest BCUT2D eigenvalue weighted by Gasteiger charge is -2.47. The standard InChI is InChI=1S/C24H23ClN6O2S/c1-11-2-7-16(34-11)15-8-18(30-20-13-5-3-12(4-6-13)19(20)24(32)33)31-22(28-15)14-9-26-23-21(14)29-17(25)10-27-23/h2,7-10,12-13,19-20H,3-6H2,1H3,(H,26,27)(H,32,33)(H,28,30,31)/t12?,13?,19-,20-/m0/s1. The average Bonchev–Trinajstić information content (AvgIpc) is 3.45. The molecule has 0 saturated heterocycles. The van der Waals surface area contributed by atoms with Gasteiger partial charge in [0.1, 0.15) is 16.5 Å². The molecule has 2 bridgehead atoms. The molecular formula is C24H23ClN6O2S. The third-order valence-corrected chi connectivity index (χ3v) is 8.34. The SMILES string of the molecule is Cc1ccc(-c2cc(N[C@H]3C4CCC(CC4)[C@@H]3C(=O)O)nc(-c3c[nH]c4ncc(Cl)nc34)n2)s1. The molecule has 34 heavy (non-hydrogen) atoms. The molecule has 0 aliphatic heterocycles. The van der Waals surface area contributed by atoms with Crippen LogP contribution in [0.3, 0.4) is 0 Å². The number of H-pyrrole nitrogens is 1. The van der Waals surface area contributed by atoms with E-state index in [1.165, 1.54) is 11.1 Å². The molecule has 4 aromatic heterocycles. The minimum absolute atomic E-state index is 0.150. The number of rotatable bonds is 5. The highest BCUT2D eigenvalue weighted by Crippen LogP contribution is 2.46. The van der Waals surface area contributed by atoms with Crippen molar-refractivity contribution in [2.75, 3.05) is 5.32 Å². The highest BCUT2D eigenvalue weighted by atomic mass is 35.5. The number of aryl methyl sites for hydroxylation is 1. The molecule has 7 rings (SSSR count). The number of carboxylic acid groups (broad SMARTS) is 1. The molecule has 8 nitrogen and oxygen atoms in total. The summed E-state index contributed by atoms with van der Waals surface area (Å²) in [6.45, 7) is 2.06. The normalized spacial score (nSPS) is 23.9. The van der Waals surface area contributed by atoms with Crippen molar-refractivity contribution in [1.82, 2.24) is 24.9 Å². The van der Waals surface area contributed by atoms with Gasteiger partial charge in [-0.3, -0.25) is 4.79 Å². The second-order valence-electron chi connectivity index (χ2n) is 9.17. The average molecular weight is 495 g/mol. The summed E-state index contributed by atoms with van der Waals surface area (Å²) in [4.78, 5) is 35.9. The lowest BCUT2D eigenvalue weighted by Crippen LogP contribution is -2.51. The smallest absolute Gasteiger partial charge is 0.308 e. The van der Waals surface area contributed by atoms with E-state index in [-0.39, 0.29) is 12.0 Å². The number of carboxylic acids is 1. The van der Waals surface area contributed by atoms with Crippen LogP contribution in [0.5, 0.6) is 0 Å². The summed E-state index contributed by atoms with van der Waals surface area (Å²) in [5.41, 5.74) is 2.68. The molecule has 4 aromatic rings. The van der Waals surface area contributed by atoms with E-state index in [0.717, 1.165) is 36.3 Å². The molecule has 0 radical (unpaired) electrons. The van der Waals surface area contributed by atoms with E-state index in [9.17, 15) is 9.90 Å². The van der Waals surface area contributed by atoms with Crippen molar-refractivity contribution in [1.29, 1.82) is 0 Å².